The summed E-state index contributed by atoms with van der Waals surface area (Å²) in [6, 6.07) is 14.2. The Balaban J connectivity index is 1.27. The minimum Gasteiger partial charge on any atom is -0.494 e. The Bertz CT molecular complexity index is 1200. The van der Waals surface area contributed by atoms with E-state index in [9.17, 15) is 8.42 Å². The van der Waals surface area contributed by atoms with Gasteiger partial charge in [0.15, 0.2) is 0 Å². The Hall–Kier alpha value is -2.97. The van der Waals surface area contributed by atoms with Crippen LogP contribution in [0.1, 0.15) is 35.6 Å². The van der Waals surface area contributed by atoms with Crippen LogP contribution in [-0.4, -0.2) is 42.1 Å². The molecule has 33 heavy (non-hydrogen) atoms. The molecule has 0 saturated carbocycles. The molecule has 0 atom stereocenters. The van der Waals surface area contributed by atoms with Crippen LogP contribution in [0.2, 0.25) is 0 Å². The van der Waals surface area contributed by atoms with E-state index in [1.807, 2.05) is 36.4 Å². The Morgan fingerprint density at radius 2 is 1.82 bits per heavy atom. The predicted molar refractivity (Wildman–Crippen MR) is 127 cm³/mol. The van der Waals surface area contributed by atoms with Crippen LogP contribution in [-0.2, 0) is 35.8 Å². The molecule has 1 aromatic heterocycles. The molecular weight excluding hydrogens is 438 g/mol. The van der Waals surface area contributed by atoms with Gasteiger partial charge in [-0.3, -0.25) is 0 Å². The number of sulfonamides is 1. The predicted octanol–water partition coefficient (Wildman–Crippen LogP) is 4.16. The fourth-order valence-electron chi connectivity index (χ4n) is 3.79. The summed E-state index contributed by atoms with van der Waals surface area (Å²) in [7, 11) is -3.16. The topological polar surface area (TPSA) is 81.6 Å². The molecule has 1 aliphatic heterocycles. The molecule has 0 saturated heterocycles. The summed E-state index contributed by atoms with van der Waals surface area (Å²) < 4.78 is 36.8. The monoisotopic (exact) mass is 467 g/mol. The normalized spacial score (nSPS) is 14.0. The smallest absolute Gasteiger partial charge is 0.321 e. The molecule has 2 aromatic carbocycles. The molecule has 0 bridgehead atoms. The summed E-state index contributed by atoms with van der Waals surface area (Å²) in [6.45, 7) is 3.61. The number of rotatable bonds is 9. The van der Waals surface area contributed by atoms with Crippen molar-refractivity contribution in [1.82, 2.24) is 14.3 Å². The Kier molecular flexibility index (Phi) is 7.25. The maximum atomic E-state index is 11.8. The van der Waals surface area contributed by atoms with Crippen molar-refractivity contribution in [3.63, 3.8) is 0 Å². The molecule has 0 N–H and O–H groups in total. The number of hydrogen-bond acceptors (Lipinski definition) is 6. The zero-order valence-corrected chi connectivity index (χ0v) is 19.8. The molecule has 0 radical (unpaired) electrons. The number of hydrogen-bond donors (Lipinski definition) is 0. The van der Waals surface area contributed by atoms with Crippen LogP contribution in [0.4, 0.5) is 0 Å². The Labute approximate surface area is 195 Å². The number of nitrogens with zero attached hydrogens (tertiary/aromatic N) is 3. The average molecular weight is 468 g/mol. The third kappa shape index (κ3) is 6.30. The van der Waals surface area contributed by atoms with Gasteiger partial charge in [-0.25, -0.2) is 18.4 Å². The minimum atomic E-state index is -3.16. The van der Waals surface area contributed by atoms with Crippen LogP contribution in [0, 0.1) is 0 Å². The molecular formula is C25H29N3O4S. The molecule has 4 rings (SSSR count). The third-order valence-electron chi connectivity index (χ3n) is 5.70. The highest BCUT2D eigenvalue weighted by Gasteiger charge is 2.23. The number of benzene rings is 2. The second-order valence-electron chi connectivity index (χ2n) is 8.21. The van der Waals surface area contributed by atoms with Crippen molar-refractivity contribution < 1.29 is 17.9 Å². The maximum Gasteiger partial charge on any atom is 0.321 e. The fraction of sp³-hybridized carbons (Fsp3) is 0.360. The largest absolute Gasteiger partial charge is 0.494 e. The molecule has 0 spiro atoms. The van der Waals surface area contributed by atoms with E-state index in [1.54, 1.807) is 12.4 Å². The van der Waals surface area contributed by atoms with E-state index in [1.165, 1.54) is 10.6 Å². The van der Waals surface area contributed by atoms with Crippen molar-refractivity contribution in [3.8, 4) is 17.5 Å². The van der Waals surface area contributed by atoms with Crippen LogP contribution in [0.15, 0.2) is 54.9 Å². The van der Waals surface area contributed by atoms with Gasteiger partial charge in [0.2, 0.25) is 10.0 Å². The molecule has 0 unspecified atom stereocenters. The van der Waals surface area contributed by atoms with E-state index in [0.717, 1.165) is 53.0 Å². The van der Waals surface area contributed by atoms with Crippen molar-refractivity contribution >= 4 is 10.0 Å². The van der Waals surface area contributed by atoms with Gasteiger partial charge in [-0.15, -0.1) is 0 Å². The van der Waals surface area contributed by atoms with Crippen LogP contribution in [0.5, 0.6) is 17.5 Å². The standard InChI is InChI=1S/C25H29N3O4S/c1-3-19-16-26-25(27-17-19)32-24-8-4-6-20(14-24)7-5-13-31-23-10-9-22-18-28(33(2,29)30)12-11-21(22)15-23/h4,6,8-10,14-17H,3,5,7,11-13,18H2,1-2H3. The van der Waals surface area contributed by atoms with E-state index >= 15 is 0 Å². The van der Waals surface area contributed by atoms with Crippen molar-refractivity contribution in [2.75, 3.05) is 19.4 Å². The van der Waals surface area contributed by atoms with Gasteiger partial charge in [-0.1, -0.05) is 25.1 Å². The average Bonchev–Trinajstić information content (AvgIpc) is 2.81. The molecule has 0 amide bonds. The lowest BCUT2D eigenvalue weighted by atomic mass is 10.0. The van der Waals surface area contributed by atoms with E-state index in [-0.39, 0.29) is 0 Å². The highest BCUT2D eigenvalue weighted by Crippen LogP contribution is 2.25. The van der Waals surface area contributed by atoms with Gasteiger partial charge < -0.3 is 9.47 Å². The van der Waals surface area contributed by atoms with Crippen molar-refractivity contribution in [2.45, 2.75) is 39.2 Å². The lowest BCUT2D eigenvalue weighted by Crippen LogP contribution is -2.35. The fourth-order valence-corrected chi connectivity index (χ4v) is 4.59. The van der Waals surface area contributed by atoms with Gasteiger partial charge in [0, 0.05) is 25.5 Å². The first kappa shape index (κ1) is 23.2. The van der Waals surface area contributed by atoms with Crippen molar-refractivity contribution in [2.24, 2.45) is 0 Å². The summed E-state index contributed by atoms with van der Waals surface area (Å²) in [4.78, 5) is 8.49. The van der Waals surface area contributed by atoms with Crippen LogP contribution in [0.3, 0.4) is 0 Å². The lowest BCUT2D eigenvalue weighted by molar-refractivity contribution is 0.309. The second kappa shape index (κ2) is 10.3. The first-order chi connectivity index (χ1) is 15.9. The summed E-state index contributed by atoms with van der Waals surface area (Å²) in [5.74, 6) is 1.54. The number of fused-ring (bicyclic) bond motifs is 1. The van der Waals surface area contributed by atoms with Gasteiger partial charge >= 0.3 is 6.01 Å². The SMILES string of the molecule is CCc1cnc(Oc2cccc(CCCOc3ccc4c(c3)CCN(S(C)(=O)=O)C4)c2)nc1. The Morgan fingerprint density at radius 1 is 1.00 bits per heavy atom. The van der Waals surface area contributed by atoms with Crippen molar-refractivity contribution in [3.05, 3.63) is 77.1 Å². The van der Waals surface area contributed by atoms with E-state index < -0.39 is 10.0 Å². The van der Waals surface area contributed by atoms with Gasteiger partial charge in [0.25, 0.3) is 0 Å². The lowest BCUT2D eigenvalue weighted by Gasteiger charge is -2.27. The third-order valence-corrected chi connectivity index (χ3v) is 6.95. The second-order valence-corrected chi connectivity index (χ2v) is 10.2. The molecule has 2 heterocycles. The van der Waals surface area contributed by atoms with E-state index in [4.69, 9.17) is 9.47 Å². The molecule has 1 aliphatic rings. The van der Waals surface area contributed by atoms with Gasteiger partial charge in [0.05, 0.1) is 12.9 Å². The highest BCUT2D eigenvalue weighted by atomic mass is 32.2. The quantitative estimate of drug-likeness (QED) is 0.440. The molecule has 0 aliphatic carbocycles. The van der Waals surface area contributed by atoms with Gasteiger partial charge in [-0.2, -0.15) is 4.31 Å². The van der Waals surface area contributed by atoms with Gasteiger partial charge in [0.1, 0.15) is 11.5 Å². The molecule has 3 aromatic rings. The summed E-state index contributed by atoms with van der Waals surface area (Å²) in [5.41, 5.74) is 4.44. The zero-order chi connectivity index (χ0) is 23.3. The minimum absolute atomic E-state index is 0.347. The zero-order valence-electron chi connectivity index (χ0n) is 19.0. The Morgan fingerprint density at radius 3 is 2.58 bits per heavy atom. The van der Waals surface area contributed by atoms with E-state index in [0.29, 0.717) is 32.1 Å². The molecule has 8 heteroatoms. The number of aryl methyl sites for hydroxylation is 2. The van der Waals surface area contributed by atoms with Crippen LogP contribution >= 0.6 is 0 Å². The number of ether oxygens (including phenoxy) is 2. The number of aromatic nitrogens is 2. The summed E-state index contributed by atoms with van der Waals surface area (Å²) in [6.07, 6.45) is 8.15. The molecule has 174 valence electrons. The summed E-state index contributed by atoms with van der Waals surface area (Å²) in [5, 5.41) is 0. The first-order valence-corrected chi connectivity index (χ1v) is 13.0. The highest BCUT2D eigenvalue weighted by molar-refractivity contribution is 7.88. The van der Waals surface area contributed by atoms with Crippen molar-refractivity contribution in [1.29, 1.82) is 0 Å². The first-order valence-electron chi connectivity index (χ1n) is 11.2. The van der Waals surface area contributed by atoms with E-state index in [2.05, 4.69) is 23.0 Å². The van der Waals surface area contributed by atoms with Crippen LogP contribution < -0.4 is 9.47 Å². The van der Waals surface area contributed by atoms with Crippen LogP contribution in [0.25, 0.3) is 0 Å². The van der Waals surface area contributed by atoms with Gasteiger partial charge in [-0.05, 0) is 72.2 Å². The maximum absolute atomic E-state index is 11.8. The summed E-state index contributed by atoms with van der Waals surface area (Å²) >= 11 is 0. The molecule has 7 nitrogen and oxygen atoms in total. The molecule has 0 fully saturated rings.